The van der Waals surface area contributed by atoms with Crippen LogP contribution in [0.2, 0.25) is 0 Å². The van der Waals surface area contributed by atoms with Crippen LogP contribution in [0.3, 0.4) is 0 Å². The Kier molecular flexibility index (Phi) is 5.57. The van der Waals surface area contributed by atoms with E-state index in [1.165, 1.54) is 11.7 Å². The number of aryl methyl sites for hydroxylation is 1. The van der Waals surface area contributed by atoms with E-state index in [4.69, 9.17) is 0 Å². The Bertz CT molecular complexity index is 1310. The van der Waals surface area contributed by atoms with Gasteiger partial charge in [0, 0.05) is 37.1 Å². The lowest BCUT2D eigenvalue weighted by Crippen LogP contribution is -2.29. The van der Waals surface area contributed by atoms with Crippen molar-refractivity contribution in [3.8, 4) is 0 Å². The minimum atomic E-state index is -0.389. The van der Waals surface area contributed by atoms with E-state index in [-0.39, 0.29) is 36.2 Å². The fraction of sp³-hybridized carbons (Fsp3) is 0.136. The summed E-state index contributed by atoms with van der Waals surface area (Å²) in [5.74, 6) is -0.592. The second-order valence-electron chi connectivity index (χ2n) is 6.96. The highest BCUT2D eigenvalue weighted by Crippen LogP contribution is 2.14. The lowest BCUT2D eigenvalue weighted by Gasteiger charge is -2.10. The van der Waals surface area contributed by atoms with E-state index in [2.05, 4.69) is 20.8 Å². The third-order valence-electron chi connectivity index (χ3n) is 4.70. The van der Waals surface area contributed by atoms with Crippen molar-refractivity contribution >= 4 is 28.3 Å². The lowest BCUT2D eigenvalue weighted by molar-refractivity contribution is -0.116. The van der Waals surface area contributed by atoms with Crippen molar-refractivity contribution in [3.63, 3.8) is 0 Å². The van der Waals surface area contributed by atoms with Crippen LogP contribution in [0.5, 0.6) is 0 Å². The van der Waals surface area contributed by atoms with Crippen molar-refractivity contribution in [2.75, 3.05) is 5.32 Å². The third kappa shape index (κ3) is 4.50. The Labute approximate surface area is 177 Å². The minimum absolute atomic E-state index is 0.111. The van der Waals surface area contributed by atoms with E-state index in [1.54, 1.807) is 60.9 Å². The summed E-state index contributed by atoms with van der Waals surface area (Å²) >= 11 is 0. The van der Waals surface area contributed by atoms with Crippen molar-refractivity contribution in [1.29, 1.82) is 0 Å². The Balaban J connectivity index is 1.45. The molecule has 0 unspecified atom stereocenters. The number of nitrogens with one attached hydrogen (secondary N) is 2. The van der Waals surface area contributed by atoms with Gasteiger partial charge >= 0.3 is 0 Å². The number of aromatic nitrogens is 4. The van der Waals surface area contributed by atoms with Crippen LogP contribution < -0.4 is 16.2 Å². The monoisotopic (exact) mass is 416 g/mol. The van der Waals surface area contributed by atoms with Gasteiger partial charge < -0.3 is 10.6 Å². The van der Waals surface area contributed by atoms with Crippen LogP contribution >= 0.6 is 0 Å². The molecule has 2 heterocycles. The summed E-state index contributed by atoms with van der Waals surface area (Å²) in [4.78, 5) is 37.2. The molecule has 2 aromatic carbocycles. The summed E-state index contributed by atoms with van der Waals surface area (Å²) in [6, 6.07) is 15.8. The zero-order chi connectivity index (χ0) is 21.8. The summed E-state index contributed by atoms with van der Waals surface area (Å²) in [7, 11) is 1.51. The molecule has 9 heteroatoms. The van der Waals surface area contributed by atoms with Gasteiger partial charge in [-0.05, 0) is 29.8 Å². The zero-order valence-corrected chi connectivity index (χ0v) is 16.8. The molecule has 9 nitrogen and oxygen atoms in total. The molecule has 0 aliphatic heterocycles. The van der Waals surface area contributed by atoms with Crippen LogP contribution in [0.15, 0.2) is 71.8 Å². The number of carbonyl (C=O) groups is 2. The van der Waals surface area contributed by atoms with Gasteiger partial charge in [-0.2, -0.15) is 10.2 Å². The molecule has 2 N–H and O–H groups in total. The summed E-state index contributed by atoms with van der Waals surface area (Å²) in [6.07, 6.45) is 3.32. The predicted octanol–water partition coefficient (Wildman–Crippen LogP) is 1.70. The van der Waals surface area contributed by atoms with E-state index in [0.717, 1.165) is 10.2 Å². The van der Waals surface area contributed by atoms with Crippen LogP contribution in [0, 0.1) is 0 Å². The maximum Gasteiger partial charge on any atom is 0.274 e. The second-order valence-corrected chi connectivity index (χ2v) is 6.96. The van der Waals surface area contributed by atoms with Crippen LogP contribution in [-0.2, 0) is 24.9 Å². The van der Waals surface area contributed by atoms with Crippen LogP contribution in [-0.4, -0.2) is 31.4 Å². The predicted molar refractivity (Wildman–Crippen MR) is 115 cm³/mol. The van der Waals surface area contributed by atoms with E-state index in [9.17, 15) is 14.4 Å². The van der Waals surface area contributed by atoms with Crippen molar-refractivity contribution in [3.05, 3.63) is 88.6 Å². The van der Waals surface area contributed by atoms with Gasteiger partial charge in [0.25, 0.3) is 11.5 Å². The fourth-order valence-corrected chi connectivity index (χ4v) is 3.23. The average Bonchev–Trinajstić information content (AvgIpc) is 3.27. The molecule has 0 spiro atoms. The molecule has 0 radical (unpaired) electrons. The maximum atomic E-state index is 12.8. The normalized spacial score (nSPS) is 10.7. The number of anilines is 1. The van der Waals surface area contributed by atoms with Crippen molar-refractivity contribution < 1.29 is 9.59 Å². The number of hydrogen-bond donors (Lipinski definition) is 2. The lowest BCUT2D eigenvalue weighted by atomic mass is 10.1. The van der Waals surface area contributed by atoms with Crippen LogP contribution in [0.4, 0.5) is 5.69 Å². The molecule has 2 aromatic heterocycles. The van der Waals surface area contributed by atoms with Gasteiger partial charge in [-0.1, -0.05) is 30.3 Å². The molecule has 31 heavy (non-hydrogen) atoms. The molecule has 0 aliphatic rings. The van der Waals surface area contributed by atoms with Gasteiger partial charge in [0.15, 0.2) is 5.69 Å². The Morgan fingerprint density at radius 2 is 1.84 bits per heavy atom. The first kappa shape index (κ1) is 20.0. The fourth-order valence-electron chi connectivity index (χ4n) is 3.23. The number of amides is 2. The van der Waals surface area contributed by atoms with E-state index >= 15 is 0 Å². The summed E-state index contributed by atoms with van der Waals surface area (Å²) in [6.45, 7) is 0.347. The largest absolute Gasteiger partial charge is 0.347 e. The first-order chi connectivity index (χ1) is 15.0. The van der Waals surface area contributed by atoms with Gasteiger partial charge in [0.05, 0.1) is 5.39 Å². The number of rotatable bonds is 6. The van der Waals surface area contributed by atoms with Crippen molar-refractivity contribution in [1.82, 2.24) is 24.9 Å². The number of fused-ring (bicyclic) bond motifs is 1. The number of hydrogen-bond acceptors (Lipinski definition) is 5. The van der Waals surface area contributed by atoms with E-state index in [0.29, 0.717) is 16.5 Å². The maximum absolute atomic E-state index is 12.8. The Morgan fingerprint density at radius 3 is 2.61 bits per heavy atom. The highest BCUT2D eigenvalue weighted by atomic mass is 16.2. The Morgan fingerprint density at radius 1 is 1.03 bits per heavy atom. The van der Waals surface area contributed by atoms with Gasteiger partial charge in [0.1, 0.15) is 6.54 Å². The van der Waals surface area contributed by atoms with E-state index < -0.39 is 0 Å². The topological polar surface area (TPSA) is 111 Å². The Hall–Kier alpha value is -4.27. The third-order valence-corrected chi connectivity index (χ3v) is 4.70. The molecule has 156 valence electrons. The zero-order valence-electron chi connectivity index (χ0n) is 16.8. The smallest absolute Gasteiger partial charge is 0.274 e. The number of carbonyl (C=O) groups excluding carboxylic acids is 2. The van der Waals surface area contributed by atoms with Crippen molar-refractivity contribution in [2.24, 2.45) is 7.05 Å². The SMILES string of the molecule is Cn1nc(C(=O)NCc2cccc(NC(=O)Cn3cccn3)c2)c2ccccc2c1=O. The highest BCUT2D eigenvalue weighted by Gasteiger charge is 2.15. The van der Waals surface area contributed by atoms with Gasteiger partial charge in [-0.15, -0.1) is 0 Å². The van der Waals surface area contributed by atoms with E-state index in [1.807, 2.05) is 6.07 Å². The molecule has 2 amide bonds. The van der Waals surface area contributed by atoms with Crippen LogP contribution in [0.1, 0.15) is 16.1 Å². The first-order valence-electron chi connectivity index (χ1n) is 9.62. The van der Waals surface area contributed by atoms with Gasteiger partial charge in [-0.3, -0.25) is 19.1 Å². The highest BCUT2D eigenvalue weighted by molar-refractivity contribution is 6.04. The molecule has 0 aliphatic carbocycles. The summed E-state index contributed by atoms with van der Waals surface area (Å²) in [5, 5.41) is 14.7. The number of nitrogens with zero attached hydrogens (tertiary/aromatic N) is 4. The number of benzene rings is 2. The molecule has 4 aromatic rings. The van der Waals surface area contributed by atoms with Gasteiger partial charge in [-0.25, -0.2) is 4.68 Å². The molecular weight excluding hydrogens is 396 g/mol. The molecule has 0 fully saturated rings. The molecule has 0 saturated carbocycles. The molecule has 4 rings (SSSR count). The summed E-state index contributed by atoms with van der Waals surface area (Å²) in [5.41, 5.74) is 1.35. The molecule has 0 atom stereocenters. The summed E-state index contributed by atoms with van der Waals surface area (Å²) < 4.78 is 2.69. The standard InChI is InChI=1S/C22H20N6O3/c1-27-22(31)18-9-3-2-8-17(18)20(26-27)21(30)23-13-15-6-4-7-16(12-15)25-19(29)14-28-11-5-10-24-28/h2-12H,13-14H2,1H3,(H,23,30)(H,25,29). The molecular formula is C22H20N6O3. The van der Waals surface area contributed by atoms with Crippen LogP contribution in [0.25, 0.3) is 10.8 Å². The first-order valence-corrected chi connectivity index (χ1v) is 9.62. The van der Waals surface area contributed by atoms with Gasteiger partial charge in [0.2, 0.25) is 5.91 Å². The quantitative estimate of drug-likeness (QED) is 0.497. The average molecular weight is 416 g/mol. The minimum Gasteiger partial charge on any atom is -0.347 e. The second kappa shape index (κ2) is 8.62. The molecule has 0 bridgehead atoms. The molecule has 0 saturated heterocycles. The van der Waals surface area contributed by atoms with Crippen molar-refractivity contribution in [2.45, 2.75) is 13.1 Å².